The lowest BCUT2D eigenvalue weighted by molar-refractivity contribution is -0.150. The minimum absolute atomic E-state index is 0.0491. The van der Waals surface area contributed by atoms with Crippen molar-refractivity contribution in [2.45, 2.75) is 25.6 Å². The molecule has 2 N–H and O–H groups in total. The third kappa shape index (κ3) is 4.02. The van der Waals surface area contributed by atoms with E-state index in [4.69, 9.17) is 4.74 Å². The number of morpholine rings is 1. The fraction of sp³-hybridized carbons (Fsp3) is 0.526. The van der Waals surface area contributed by atoms with Gasteiger partial charge in [0, 0.05) is 38.8 Å². The smallest absolute Gasteiger partial charge is 0.258 e. The third-order valence-electron chi connectivity index (χ3n) is 5.14. The molecule has 8 nitrogen and oxygen atoms in total. The van der Waals surface area contributed by atoms with Gasteiger partial charge in [-0.05, 0) is 19.1 Å². The maximum Gasteiger partial charge on any atom is 0.258 e. The monoisotopic (exact) mass is 371 g/mol. The first-order valence-corrected chi connectivity index (χ1v) is 9.44. The number of nitrogens with zero attached hydrogens (tertiary/aromatic N) is 3. The van der Waals surface area contributed by atoms with E-state index in [-0.39, 0.29) is 11.5 Å². The number of nitrogens with one attached hydrogen (secondary N) is 2. The molecule has 2 aliphatic heterocycles. The van der Waals surface area contributed by atoms with Crippen LogP contribution in [0.1, 0.15) is 12.7 Å². The van der Waals surface area contributed by atoms with Crippen molar-refractivity contribution < 1.29 is 9.53 Å². The van der Waals surface area contributed by atoms with Gasteiger partial charge in [0.1, 0.15) is 11.9 Å². The minimum atomic E-state index is -0.462. The van der Waals surface area contributed by atoms with Crippen molar-refractivity contribution in [1.29, 1.82) is 0 Å². The predicted molar refractivity (Wildman–Crippen MR) is 101 cm³/mol. The van der Waals surface area contributed by atoms with Crippen molar-refractivity contribution in [3.8, 4) is 0 Å². The van der Waals surface area contributed by atoms with Crippen LogP contribution in [-0.4, -0.2) is 77.2 Å². The molecule has 3 heterocycles. The molecule has 8 heteroatoms. The number of para-hydroxylation sites is 1. The molecule has 4 rings (SSSR count). The Kier molecular flexibility index (Phi) is 5.20. The Morgan fingerprint density at radius 1 is 1.30 bits per heavy atom. The molecule has 144 valence electrons. The summed E-state index contributed by atoms with van der Waals surface area (Å²) in [5.41, 5.74) is 0.554. The second-order valence-electron chi connectivity index (χ2n) is 7.26. The number of H-pyrrole nitrogens is 1. The van der Waals surface area contributed by atoms with Crippen LogP contribution in [0.5, 0.6) is 0 Å². The molecule has 1 amide bonds. The highest BCUT2D eigenvalue weighted by molar-refractivity contribution is 5.81. The topological polar surface area (TPSA) is 90.6 Å². The summed E-state index contributed by atoms with van der Waals surface area (Å²) >= 11 is 0. The largest absolute Gasteiger partial charge is 0.366 e. The molecular formula is C19H25N5O3. The second-order valence-corrected chi connectivity index (χ2v) is 7.26. The van der Waals surface area contributed by atoms with Gasteiger partial charge in [-0.15, -0.1) is 0 Å². The molecule has 27 heavy (non-hydrogen) atoms. The van der Waals surface area contributed by atoms with Crippen molar-refractivity contribution >= 4 is 16.8 Å². The van der Waals surface area contributed by atoms with E-state index in [1.165, 1.54) is 0 Å². The van der Waals surface area contributed by atoms with E-state index in [1.807, 2.05) is 23.1 Å². The predicted octanol–water partition coefficient (Wildman–Crippen LogP) is -0.0558. The van der Waals surface area contributed by atoms with Crippen LogP contribution < -0.4 is 10.9 Å². The van der Waals surface area contributed by atoms with Gasteiger partial charge in [-0.3, -0.25) is 14.5 Å². The van der Waals surface area contributed by atoms with Crippen molar-refractivity contribution in [3.05, 3.63) is 40.4 Å². The van der Waals surface area contributed by atoms with Crippen molar-refractivity contribution in [3.63, 3.8) is 0 Å². The lowest BCUT2D eigenvalue weighted by Crippen LogP contribution is -2.57. The van der Waals surface area contributed by atoms with Gasteiger partial charge >= 0.3 is 0 Å². The number of fused-ring (bicyclic) bond motifs is 1. The van der Waals surface area contributed by atoms with Crippen molar-refractivity contribution in [1.82, 2.24) is 25.1 Å². The molecule has 0 aliphatic carbocycles. The summed E-state index contributed by atoms with van der Waals surface area (Å²) in [5, 5.41) is 3.93. The number of ether oxygens (including phenoxy) is 1. The van der Waals surface area contributed by atoms with E-state index in [9.17, 15) is 9.59 Å². The normalized spacial score (nSPS) is 24.3. The summed E-state index contributed by atoms with van der Waals surface area (Å²) in [6, 6.07) is 7.60. The molecule has 0 spiro atoms. The number of amides is 1. The van der Waals surface area contributed by atoms with Crippen LogP contribution in [0.3, 0.4) is 0 Å². The highest BCUT2D eigenvalue weighted by Gasteiger charge is 2.32. The molecular weight excluding hydrogens is 346 g/mol. The maximum atomic E-state index is 12.8. The highest BCUT2D eigenvalue weighted by atomic mass is 16.5. The van der Waals surface area contributed by atoms with E-state index in [1.54, 1.807) is 6.07 Å². The summed E-state index contributed by atoms with van der Waals surface area (Å²) in [7, 11) is 0. The second kappa shape index (κ2) is 7.75. The molecule has 2 aromatic rings. The van der Waals surface area contributed by atoms with Crippen LogP contribution in [0.15, 0.2) is 29.1 Å². The minimum Gasteiger partial charge on any atom is -0.366 e. The SMILES string of the molecule is C[C@H]1CN(C(=O)[C@H]2CN(Cc3nc4ccccc4c(=O)[nH]3)CCO2)CCN1. The average Bonchev–Trinajstić information content (AvgIpc) is 2.68. The number of carbonyl (C=O) groups excluding carboxylic acids is 1. The first-order valence-electron chi connectivity index (χ1n) is 9.44. The third-order valence-corrected chi connectivity index (χ3v) is 5.14. The van der Waals surface area contributed by atoms with Crippen LogP contribution >= 0.6 is 0 Å². The van der Waals surface area contributed by atoms with Gasteiger partial charge in [-0.1, -0.05) is 12.1 Å². The number of aromatic nitrogens is 2. The van der Waals surface area contributed by atoms with Gasteiger partial charge in [0.2, 0.25) is 0 Å². The molecule has 2 aliphatic rings. The number of rotatable bonds is 3. The molecule has 1 aromatic heterocycles. The first kappa shape index (κ1) is 18.1. The first-order chi connectivity index (χ1) is 13.1. The fourth-order valence-electron chi connectivity index (χ4n) is 3.75. The van der Waals surface area contributed by atoms with E-state index in [2.05, 4.69) is 27.1 Å². The number of hydrogen-bond acceptors (Lipinski definition) is 6. The Labute approximate surface area is 157 Å². The Morgan fingerprint density at radius 3 is 3.00 bits per heavy atom. The van der Waals surface area contributed by atoms with Crippen LogP contribution in [0.25, 0.3) is 10.9 Å². The van der Waals surface area contributed by atoms with Gasteiger partial charge in [-0.2, -0.15) is 0 Å². The quantitative estimate of drug-likeness (QED) is 0.786. The molecule has 0 saturated carbocycles. The fourth-order valence-corrected chi connectivity index (χ4v) is 3.75. The molecule has 2 fully saturated rings. The molecule has 0 radical (unpaired) electrons. The lowest BCUT2D eigenvalue weighted by Gasteiger charge is -2.37. The number of hydrogen-bond donors (Lipinski definition) is 2. The van der Waals surface area contributed by atoms with E-state index >= 15 is 0 Å². The van der Waals surface area contributed by atoms with E-state index in [0.717, 1.165) is 6.54 Å². The summed E-state index contributed by atoms with van der Waals surface area (Å²) < 4.78 is 5.74. The van der Waals surface area contributed by atoms with Crippen LogP contribution in [0, 0.1) is 0 Å². The maximum absolute atomic E-state index is 12.8. The van der Waals surface area contributed by atoms with Gasteiger partial charge < -0.3 is 19.9 Å². The zero-order chi connectivity index (χ0) is 18.8. The molecule has 2 saturated heterocycles. The summed E-state index contributed by atoms with van der Waals surface area (Å²) in [6.45, 7) is 6.51. The number of piperazine rings is 1. The van der Waals surface area contributed by atoms with Gasteiger partial charge in [0.15, 0.2) is 0 Å². The Morgan fingerprint density at radius 2 is 2.15 bits per heavy atom. The van der Waals surface area contributed by atoms with Crippen LogP contribution in [-0.2, 0) is 16.1 Å². The Bertz CT molecular complexity index is 883. The van der Waals surface area contributed by atoms with Crippen LogP contribution in [0.4, 0.5) is 0 Å². The number of aromatic amines is 1. The van der Waals surface area contributed by atoms with Gasteiger partial charge in [-0.25, -0.2) is 4.98 Å². The van der Waals surface area contributed by atoms with Crippen molar-refractivity contribution in [2.75, 3.05) is 39.3 Å². The molecule has 2 atom stereocenters. The number of carbonyl (C=O) groups is 1. The average molecular weight is 371 g/mol. The van der Waals surface area contributed by atoms with Gasteiger partial charge in [0.05, 0.1) is 24.1 Å². The van der Waals surface area contributed by atoms with Crippen molar-refractivity contribution in [2.24, 2.45) is 0 Å². The van der Waals surface area contributed by atoms with Crippen LogP contribution in [0.2, 0.25) is 0 Å². The van der Waals surface area contributed by atoms with E-state index in [0.29, 0.717) is 62.1 Å². The molecule has 1 aromatic carbocycles. The highest BCUT2D eigenvalue weighted by Crippen LogP contribution is 2.13. The zero-order valence-corrected chi connectivity index (χ0v) is 15.5. The number of benzene rings is 1. The standard InChI is InChI=1S/C19H25N5O3/c1-13-10-24(7-6-20-13)19(26)16-11-23(8-9-27-16)12-17-21-15-5-3-2-4-14(15)18(25)22-17/h2-5,13,16,20H,6-12H2,1H3,(H,21,22,25)/t13-,16+/m0/s1. The zero-order valence-electron chi connectivity index (χ0n) is 15.5. The Hall–Kier alpha value is -2.29. The summed E-state index contributed by atoms with van der Waals surface area (Å²) in [6.07, 6.45) is -0.462. The summed E-state index contributed by atoms with van der Waals surface area (Å²) in [5.74, 6) is 0.663. The Balaban J connectivity index is 1.44. The molecule has 0 unspecified atom stereocenters. The van der Waals surface area contributed by atoms with Gasteiger partial charge in [0.25, 0.3) is 11.5 Å². The molecule has 0 bridgehead atoms. The van der Waals surface area contributed by atoms with E-state index < -0.39 is 6.10 Å². The lowest BCUT2D eigenvalue weighted by atomic mass is 10.2. The summed E-state index contributed by atoms with van der Waals surface area (Å²) in [4.78, 5) is 36.5.